The van der Waals surface area contributed by atoms with Crippen LogP contribution in [0.3, 0.4) is 0 Å². The minimum Gasteiger partial charge on any atom is -0.356 e. The van der Waals surface area contributed by atoms with Crippen molar-refractivity contribution in [2.75, 3.05) is 53.4 Å². The second-order valence-electron chi connectivity index (χ2n) is 7.87. The molecular formula is C20H40IN7. The summed E-state index contributed by atoms with van der Waals surface area (Å²) in [6, 6.07) is 0.305. The zero-order valence-corrected chi connectivity index (χ0v) is 20.9. The van der Waals surface area contributed by atoms with Gasteiger partial charge >= 0.3 is 0 Å². The largest absolute Gasteiger partial charge is 0.356 e. The Hall–Kier alpha value is -0.870. The van der Waals surface area contributed by atoms with Gasteiger partial charge < -0.3 is 20.4 Å². The van der Waals surface area contributed by atoms with Crippen molar-refractivity contribution in [2.24, 2.45) is 12.0 Å². The molecule has 1 atom stereocenters. The molecule has 0 amide bonds. The smallest absolute Gasteiger partial charge is 0.191 e. The van der Waals surface area contributed by atoms with E-state index in [1.54, 1.807) is 0 Å². The lowest BCUT2D eigenvalue weighted by molar-refractivity contribution is 0.274. The normalized spacial score (nSPS) is 17.7. The summed E-state index contributed by atoms with van der Waals surface area (Å²) in [5.74, 6) is 0.886. The third-order valence-corrected chi connectivity index (χ3v) is 5.53. The first-order valence-corrected chi connectivity index (χ1v) is 10.3. The monoisotopic (exact) mass is 505 g/mol. The van der Waals surface area contributed by atoms with Crippen LogP contribution in [0, 0.1) is 13.8 Å². The molecule has 1 aliphatic rings. The fourth-order valence-electron chi connectivity index (χ4n) is 3.73. The summed E-state index contributed by atoms with van der Waals surface area (Å²) >= 11 is 0. The van der Waals surface area contributed by atoms with Gasteiger partial charge in [-0.2, -0.15) is 5.10 Å². The number of nitrogens with zero attached hydrogens (tertiary/aromatic N) is 5. The first kappa shape index (κ1) is 25.2. The molecular weight excluding hydrogens is 465 g/mol. The molecule has 1 saturated heterocycles. The van der Waals surface area contributed by atoms with Gasteiger partial charge in [-0.1, -0.05) is 0 Å². The Kier molecular flexibility index (Phi) is 11.4. The van der Waals surface area contributed by atoms with Crippen LogP contribution in [0.5, 0.6) is 0 Å². The van der Waals surface area contributed by atoms with Crippen molar-refractivity contribution in [1.82, 2.24) is 30.2 Å². The number of halogens is 1. The van der Waals surface area contributed by atoms with Crippen LogP contribution in [0.25, 0.3) is 0 Å². The van der Waals surface area contributed by atoms with Crippen LogP contribution in [-0.2, 0) is 13.5 Å². The molecule has 1 fully saturated rings. The van der Waals surface area contributed by atoms with Gasteiger partial charge in [0.15, 0.2) is 5.96 Å². The van der Waals surface area contributed by atoms with Crippen molar-refractivity contribution in [1.29, 1.82) is 0 Å². The van der Waals surface area contributed by atoms with Crippen LogP contribution in [0.1, 0.15) is 36.7 Å². The molecule has 0 saturated carbocycles. The number of aryl methyl sites for hydroxylation is 2. The van der Waals surface area contributed by atoms with Gasteiger partial charge in [0.25, 0.3) is 0 Å². The van der Waals surface area contributed by atoms with E-state index in [0.29, 0.717) is 6.04 Å². The number of rotatable bonds is 7. The van der Waals surface area contributed by atoms with E-state index in [0.717, 1.165) is 37.6 Å². The molecule has 28 heavy (non-hydrogen) atoms. The first-order chi connectivity index (χ1) is 12.9. The molecule has 1 aromatic rings. The van der Waals surface area contributed by atoms with Crippen molar-refractivity contribution in [3.05, 3.63) is 17.0 Å². The van der Waals surface area contributed by atoms with Crippen molar-refractivity contribution >= 4 is 29.9 Å². The van der Waals surface area contributed by atoms with Crippen molar-refractivity contribution < 1.29 is 0 Å². The number of hydrogen-bond acceptors (Lipinski definition) is 4. The molecule has 8 heteroatoms. The lowest BCUT2D eigenvalue weighted by Gasteiger charge is -2.21. The molecule has 0 bridgehead atoms. The molecule has 1 unspecified atom stereocenters. The average Bonchev–Trinajstić information content (AvgIpc) is 2.79. The summed E-state index contributed by atoms with van der Waals surface area (Å²) in [6.07, 6.45) is 3.37. The fourth-order valence-corrected chi connectivity index (χ4v) is 3.73. The van der Waals surface area contributed by atoms with E-state index in [1.165, 1.54) is 43.9 Å². The molecule has 1 aromatic heterocycles. The maximum Gasteiger partial charge on any atom is 0.191 e. The zero-order chi connectivity index (χ0) is 19.8. The fraction of sp³-hybridized carbons (Fsp3) is 0.800. The summed E-state index contributed by atoms with van der Waals surface area (Å²) in [5, 5.41) is 11.5. The molecule has 0 spiro atoms. The lowest BCUT2D eigenvalue weighted by atomic mass is 10.1. The van der Waals surface area contributed by atoms with Gasteiger partial charge in [0.1, 0.15) is 0 Å². The second-order valence-corrected chi connectivity index (χ2v) is 7.87. The van der Waals surface area contributed by atoms with Gasteiger partial charge in [0.2, 0.25) is 0 Å². The van der Waals surface area contributed by atoms with E-state index in [-0.39, 0.29) is 24.0 Å². The Morgan fingerprint density at radius 3 is 2.57 bits per heavy atom. The summed E-state index contributed by atoms with van der Waals surface area (Å²) in [6.45, 7) is 13.3. The van der Waals surface area contributed by atoms with E-state index >= 15 is 0 Å². The minimum atomic E-state index is 0. The van der Waals surface area contributed by atoms with E-state index in [1.807, 2.05) is 18.8 Å². The van der Waals surface area contributed by atoms with E-state index in [9.17, 15) is 0 Å². The van der Waals surface area contributed by atoms with Gasteiger partial charge in [0, 0.05) is 45.5 Å². The highest BCUT2D eigenvalue weighted by Gasteiger charge is 2.14. The number of guanidine groups is 1. The molecule has 0 aromatic carbocycles. The minimum absolute atomic E-state index is 0. The summed E-state index contributed by atoms with van der Waals surface area (Å²) < 4.78 is 1.96. The number of likely N-dealkylation sites (N-methyl/N-ethyl adjacent to an activating group) is 1. The Morgan fingerprint density at radius 2 is 1.93 bits per heavy atom. The average molecular weight is 505 g/mol. The third-order valence-electron chi connectivity index (χ3n) is 5.53. The maximum absolute atomic E-state index is 4.51. The molecule has 2 rings (SSSR count). The van der Waals surface area contributed by atoms with Gasteiger partial charge in [-0.15, -0.1) is 24.0 Å². The Labute approximate surface area is 188 Å². The standard InChI is InChI=1S/C20H39N7.HI/c1-16(15-19-17(2)24-26(6)18(19)3)23-20(21-4)22-9-7-11-27-12-8-10-25(5)13-14-27;/h16H,7-15H2,1-6H3,(H2,21,22,23);1H. The topological polar surface area (TPSA) is 60.7 Å². The lowest BCUT2D eigenvalue weighted by Crippen LogP contribution is -2.44. The predicted octanol–water partition coefficient (Wildman–Crippen LogP) is 1.78. The summed E-state index contributed by atoms with van der Waals surface area (Å²) in [7, 11) is 6.07. The van der Waals surface area contributed by atoms with Crippen LogP contribution in [-0.4, -0.2) is 84.9 Å². The molecule has 0 aliphatic carbocycles. The van der Waals surface area contributed by atoms with Gasteiger partial charge in [-0.25, -0.2) is 0 Å². The number of nitrogens with one attached hydrogen (secondary N) is 2. The molecule has 7 nitrogen and oxygen atoms in total. The van der Waals surface area contributed by atoms with E-state index in [4.69, 9.17) is 0 Å². The molecule has 162 valence electrons. The zero-order valence-electron chi connectivity index (χ0n) is 18.6. The van der Waals surface area contributed by atoms with Crippen molar-refractivity contribution in [3.63, 3.8) is 0 Å². The highest BCUT2D eigenvalue weighted by molar-refractivity contribution is 14.0. The molecule has 2 heterocycles. The van der Waals surface area contributed by atoms with Gasteiger partial charge in [0.05, 0.1) is 5.69 Å². The highest BCUT2D eigenvalue weighted by Crippen LogP contribution is 2.14. The van der Waals surface area contributed by atoms with Gasteiger partial charge in [-0.3, -0.25) is 9.67 Å². The molecule has 2 N–H and O–H groups in total. The highest BCUT2D eigenvalue weighted by atomic mass is 127. The SMILES string of the molecule is CN=C(NCCCN1CCCN(C)CC1)NC(C)Cc1c(C)nn(C)c1C.I. The summed E-state index contributed by atoms with van der Waals surface area (Å²) in [4.78, 5) is 9.39. The van der Waals surface area contributed by atoms with Gasteiger partial charge in [-0.05, 0) is 72.3 Å². The maximum atomic E-state index is 4.51. The van der Waals surface area contributed by atoms with Crippen LogP contribution in [0.15, 0.2) is 4.99 Å². The predicted molar refractivity (Wildman–Crippen MR) is 129 cm³/mol. The molecule has 0 radical (unpaired) electrons. The number of hydrogen-bond donors (Lipinski definition) is 2. The first-order valence-electron chi connectivity index (χ1n) is 10.3. The number of aromatic nitrogens is 2. The van der Waals surface area contributed by atoms with Crippen LogP contribution in [0.2, 0.25) is 0 Å². The number of aliphatic imine (C=N–C) groups is 1. The van der Waals surface area contributed by atoms with Crippen LogP contribution >= 0.6 is 24.0 Å². The second kappa shape index (κ2) is 12.6. The van der Waals surface area contributed by atoms with Crippen LogP contribution in [0.4, 0.5) is 0 Å². The third kappa shape index (κ3) is 7.87. The van der Waals surface area contributed by atoms with Crippen molar-refractivity contribution in [3.8, 4) is 0 Å². The Morgan fingerprint density at radius 1 is 1.18 bits per heavy atom. The summed E-state index contributed by atoms with van der Waals surface area (Å²) in [5.41, 5.74) is 3.70. The van der Waals surface area contributed by atoms with Crippen molar-refractivity contribution in [2.45, 2.75) is 46.1 Å². The Bertz CT molecular complexity index is 614. The Balaban J connectivity index is 0.00000392. The molecule has 1 aliphatic heterocycles. The van der Waals surface area contributed by atoms with Crippen LogP contribution < -0.4 is 10.6 Å². The quantitative estimate of drug-likeness (QED) is 0.256. The van der Waals surface area contributed by atoms with E-state index in [2.05, 4.69) is 58.3 Å². The van der Waals surface area contributed by atoms with E-state index < -0.39 is 0 Å².